The van der Waals surface area contributed by atoms with Crippen molar-refractivity contribution in [2.45, 2.75) is 13.5 Å². The quantitative estimate of drug-likeness (QED) is 0.100. The van der Waals surface area contributed by atoms with E-state index in [1.54, 1.807) is 24.3 Å². The van der Waals surface area contributed by atoms with Gasteiger partial charge in [0.25, 0.3) is 5.69 Å². The SMILES string of the molecule is CCOc1cc(/C=C2\N=C(c3ccc(Cl)c([N+](=O)[O-])c3)OC2=O)ccc1OCc1ccc(I)cc1. The van der Waals surface area contributed by atoms with Crippen molar-refractivity contribution < 1.29 is 23.9 Å². The summed E-state index contributed by atoms with van der Waals surface area (Å²) in [6.45, 7) is 2.68. The molecule has 0 amide bonds. The molecule has 8 nitrogen and oxygen atoms in total. The Morgan fingerprint density at radius 3 is 2.57 bits per heavy atom. The van der Waals surface area contributed by atoms with Gasteiger partial charge in [-0.05, 0) is 83.1 Å². The standard InChI is InChI=1S/C25H18ClIN2O6/c1-2-33-23-12-16(5-10-22(23)34-14-15-3-7-18(27)8-4-15)11-20-25(30)35-24(28-20)17-6-9-19(26)21(13-17)29(31)32/h3-13H,2,14H2,1H3/b20-11-. The zero-order valence-corrected chi connectivity index (χ0v) is 21.3. The van der Waals surface area contributed by atoms with E-state index in [9.17, 15) is 14.9 Å². The lowest BCUT2D eigenvalue weighted by Gasteiger charge is -2.13. The molecule has 3 aromatic carbocycles. The van der Waals surface area contributed by atoms with Gasteiger partial charge in [-0.15, -0.1) is 0 Å². The zero-order valence-electron chi connectivity index (χ0n) is 18.4. The van der Waals surface area contributed by atoms with Crippen molar-refractivity contribution in [3.8, 4) is 11.5 Å². The number of nitrogens with zero attached hydrogens (tertiary/aromatic N) is 2. The van der Waals surface area contributed by atoms with Crippen LogP contribution in [0.2, 0.25) is 5.02 Å². The Bertz CT molecular complexity index is 1350. The minimum atomic E-state index is -0.672. The fraction of sp³-hybridized carbons (Fsp3) is 0.120. The maximum Gasteiger partial charge on any atom is 0.363 e. The number of hydrogen-bond donors (Lipinski definition) is 0. The Morgan fingerprint density at radius 2 is 1.86 bits per heavy atom. The molecule has 35 heavy (non-hydrogen) atoms. The second-order valence-electron chi connectivity index (χ2n) is 7.31. The van der Waals surface area contributed by atoms with Crippen molar-refractivity contribution in [3.05, 3.63) is 102 Å². The number of nitro groups is 1. The number of carbonyl (C=O) groups excluding carboxylic acids is 1. The normalized spacial score (nSPS) is 14.0. The van der Waals surface area contributed by atoms with Gasteiger partial charge >= 0.3 is 5.97 Å². The average molecular weight is 605 g/mol. The fourth-order valence-electron chi connectivity index (χ4n) is 3.22. The molecule has 3 aromatic rings. The van der Waals surface area contributed by atoms with Crippen molar-refractivity contribution >= 4 is 57.8 Å². The van der Waals surface area contributed by atoms with E-state index in [2.05, 4.69) is 27.6 Å². The van der Waals surface area contributed by atoms with Crippen LogP contribution < -0.4 is 9.47 Å². The number of cyclic esters (lactones) is 1. The number of esters is 1. The van der Waals surface area contributed by atoms with Gasteiger partial charge < -0.3 is 14.2 Å². The van der Waals surface area contributed by atoms with E-state index in [4.69, 9.17) is 25.8 Å². The van der Waals surface area contributed by atoms with Crippen LogP contribution in [0.5, 0.6) is 11.5 Å². The molecule has 0 saturated heterocycles. The molecule has 178 valence electrons. The van der Waals surface area contributed by atoms with Crippen LogP contribution >= 0.6 is 34.2 Å². The number of nitro benzene ring substituents is 1. The van der Waals surface area contributed by atoms with Gasteiger partial charge in [-0.25, -0.2) is 9.79 Å². The average Bonchev–Trinajstić information content (AvgIpc) is 3.20. The number of halogens is 2. The van der Waals surface area contributed by atoms with E-state index in [1.807, 2.05) is 31.2 Å². The van der Waals surface area contributed by atoms with Gasteiger partial charge in [-0.1, -0.05) is 29.8 Å². The Balaban J connectivity index is 1.57. The van der Waals surface area contributed by atoms with Crippen LogP contribution in [0, 0.1) is 13.7 Å². The summed E-state index contributed by atoms with van der Waals surface area (Å²) in [4.78, 5) is 27.1. The van der Waals surface area contributed by atoms with Gasteiger partial charge in [0.15, 0.2) is 17.2 Å². The Hall–Kier alpha value is -3.44. The molecular weight excluding hydrogens is 587 g/mol. The Kier molecular flexibility index (Phi) is 7.67. The highest BCUT2D eigenvalue weighted by atomic mass is 127. The van der Waals surface area contributed by atoms with Gasteiger partial charge in [-0.2, -0.15) is 0 Å². The maximum absolute atomic E-state index is 12.4. The fourth-order valence-corrected chi connectivity index (χ4v) is 3.77. The van der Waals surface area contributed by atoms with E-state index in [1.165, 1.54) is 18.2 Å². The van der Waals surface area contributed by atoms with Crippen LogP contribution in [0.15, 0.2) is 71.4 Å². The van der Waals surface area contributed by atoms with Gasteiger partial charge in [-0.3, -0.25) is 10.1 Å². The van der Waals surface area contributed by atoms with Gasteiger partial charge in [0.05, 0.1) is 11.5 Å². The molecule has 0 fully saturated rings. The molecule has 4 rings (SSSR count). The molecule has 1 aliphatic rings. The summed E-state index contributed by atoms with van der Waals surface area (Å²) in [6.07, 6.45) is 1.55. The van der Waals surface area contributed by atoms with Gasteiger partial charge in [0, 0.05) is 15.2 Å². The first-order valence-corrected chi connectivity index (χ1v) is 11.9. The van der Waals surface area contributed by atoms with Crippen LogP contribution in [0.4, 0.5) is 5.69 Å². The van der Waals surface area contributed by atoms with E-state index < -0.39 is 10.9 Å². The van der Waals surface area contributed by atoms with E-state index in [0.29, 0.717) is 30.3 Å². The lowest BCUT2D eigenvalue weighted by Crippen LogP contribution is -2.06. The van der Waals surface area contributed by atoms with E-state index >= 15 is 0 Å². The zero-order chi connectivity index (χ0) is 24.9. The summed E-state index contributed by atoms with van der Waals surface area (Å²) >= 11 is 8.10. The first kappa shape index (κ1) is 24.7. The van der Waals surface area contributed by atoms with Crippen LogP contribution in [-0.4, -0.2) is 23.4 Å². The molecule has 1 aliphatic heterocycles. The van der Waals surface area contributed by atoms with Crippen molar-refractivity contribution in [3.63, 3.8) is 0 Å². The topological polar surface area (TPSA) is 100 Å². The molecular formula is C25H18ClIN2O6. The summed E-state index contributed by atoms with van der Waals surface area (Å²) in [5, 5.41) is 11.1. The van der Waals surface area contributed by atoms with Gasteiger partial charge in [0.1, 0.15) is 11.6 Å². The molecule has 0 radical (unpaired) electrons. The molecule has 0 N–H and O–H groups in total. The monoisotopic (exact) mass is 604 g/mol. The largest absolute Gasteiger partial charge is 0.490 e. The molecule has 0 spiro atoms. The maximum atomic E-state index is 12.4. The summed E-state index contributed by atoms with van der Waals surface area (Å²) < 4.78 is 18.0. The first-order valence-electron chi connectivity index (χ1n) is 10.4. The third-order valence-corrected chi connectivity index (χ3v) is 5.93. The molecule has 0 bridgehead atoms. The summed E-state index contributed by atoms with van der Waals surface area (Å²) in [6, 6.07) is 17.4. The number of rotatable bonds is 8. The number of ether oxygens (including phenoxy) is 3. The first-order chi connectivity index (χ1) is 16.8. The summed E-state index contributed by atoms with van der Waals surface area (Å²) in [5.74, 6) is 0.383. The number of aliphatic imine (C=N–C) groups is 1. The van der Waals surface area contributed by atoms with Crippen LogP contribution in [0.1, 0.15) is 23.6 Å². The predicted molar refractivity (Wildman–Crippen MR) is 140 cm³/mol. The third kappa shape index (κ3) is 5.98. The van der Waals surface area contributed by atoms with Crippen LogP contribution in [-0.2, 0) is 16.1 Å². The smallest absolute Gasteiger partial charge is 0.363 e. The second-order valence-corrected chi connectivity index (χ2v) is 8.97. The number of benzene rings is 3. The molecule has 0 saturated carbocycles. The summed E-state index contributed by atoms with van der Waals surface area (Å²) in [5.41, 5.74) is 1.69. The molecule has 10 heteroatoms. The minimum Gasteiger partial charge on any atom is -0.490 e. The predicted octanol–water partition coefficient (Wildman–Crippen LogP) is 6.18. The van der Waals surface area contributed by atoms with Crippen molar-refractivity contribution in [1.82, 2.24) is 0 Å². The molecule has 1 heterocycles. The molecule has 0 aromatic heterocycles. The Labute approximate surface area is 219 Å². The highest BCUT2D eigenvalue weighted by Crippen LogP contribution is 2.32. The van der Waals surface area contributed by atoms with Gasteiger partial charge in [0.2, 0.25) is 5.90 Å². The molecule has 0 aliphatic carbocycles. The highest BCUT2D eigenvalue weighted by molar-refractivity contribution is 14.1. The third-order valence-electron chi connectivity index (χ3n) is 4.89. The number of carbonyl (C=O) groups is 1. The van der Waals surface area contributed by atoms with E-state index in [0.717, 1.165) is 9.13 Å². The van der Waals surface area contributed by atoms with Crippen molar-refractivity contribution in [2.75, 3.05) is 6.61 Å². The molecule has 0 unspecified atom stereocenters. The minimum absolute atomic E-state index is 0.0211. The molecule has 0 atom stereocenters. The van der Waals surface area contributed by atoms with Crippen molar-refractivity contribution in [1.29, 1.82) is 0 Å². The van der Waals surface area contributed by atoms with Crippen LogP contribution in [0.3, 0.4) is 0 Å². The van der Waals surface area contributed by atoms with Crippen LogP contribution in [0.25, 0.3) is 6.08 Å². The Morgan fingerprint density at radius 1 is 1.09 bits per heavy atom. The van der Waals surface area contributed by atoms with E-state index in [-0.39, 0.29) is 27.9 Å². The van der Waals surface area contributed by atoms with Crippen molar-refractivity contribution in [2.24, 2.45) is 4.99 Å². The highest BCUT2D eigenvalue weighted by Gasteiger charge is 2.26. The lowest BCUT2D eigenvalue weighted by molar-refractivity contribution is -0.384. The second kappa shape index (κ2) is 10.9. The number of hydrogen-bond acceptors (Lipinski definition) is 7. The summed E-state index contributed by atoms with van der Waals surface area (Å²) in [7, 11) is 0. The lowest BCUT2D eigenvalue weighted by atomic mass is 10.1.